The summed E-state index contributed by atoms with van der Waals surface area (Å²) in [6.45, 7) is 0.217. The number of aliphatic hydroxyl groups is 1. The van der Waals surface area contributed by atoms with Crippen LogP contribution >= 0.6 is 0 Å². The first-order valence-electron chi connectivity index (χ1n) is 12.4. The molecule has 0 radical (unpaired) electrons. The zero-order valence-corrected chi connectivity index (χ0v) is 21.6. The third-order valence-electron chi connectivity index (χ3n) is 6.88. The minimum Gasteiger partial charge on any atom is -0.395 e. The van der Waals surface area contributed by atoms with Crippen LogP contribution < -0.4 is 10.6 Å². The van der Waals surface area contributed by atoms with Crippen LogP contribution in [0.1, 0.15) is 53.2 Å². The number of likely N-dealkylation sites (tertiary alicyclic amines) is 1. The smallest absolute Gasteiger partial charge is 0.395 e. The number of nitrogens with one attached hydrogen (secondary N) is 2. The van der Waals surface area contributed by atoms with Crippen LogP contribution in [-0.2, 0) is 20.8 Å². The average molecular weight is 554 g/mol. The van der Waals surface area contributed by atoms with Crippen molar-refractivity contribution in [3.63, 3.8) is 0 Å². The number of carbonyl (C=O) groups is 2. The van der Waals surface area contributed by atoms with Crippen molar-refractivity contribution in [2.24, 2.45) is 5.92 Å². The molecule has 0 spiro atoms. The zero-order chi connectivity index (χ0) is 27.7. The Bertz CT molecular complexity index is 1290. The molecule has 1 saturated carbocycles. The highest BCUT2D eigenvalue weighted by molar-refractivity contribution is 7.90. The van der Waals surface area contributed by atoms with E-state index in [1.807, 2.05) is 0 Å². The summed E-state index contributed by atoms with van der Waals surface area (Å²) < 4.78 is 63.2. The highest BCUT2D eigenvalue weighted by Gasteiger charge is 2.40. The normalized spacial score (nSPS) is 18.8. The summed E-state index contributed by atoms with van der Waals surface area (Å²) in [5.41, 5.74) is 0.211. The summed E-state index contributed by atoms with van der Waals surface area (Å²) in [4.78, 5) is 28.3. The fourth-order valence-corrected chi connectivity index (χ4v) is 5.39. The number of aliphatic hydroxyl groups excluding tert-OH is 1. The first-order chi connectivity index (χ1) is 17.9. The molecular weight excluding hydrogens is 523 g/mol. The lowest BCUT2D eigenvalue weighted by Crippen LogP contribution is -2.47. The molecule has 2 amide bonds. The molecule has 1 saturated heterocycles. The van der Waals surface area contributed by atoms with Gasteiger partial charge in [-0.3, -0.25) is 9.59 Å². The second-order valence-electron chi connectivity index (χ2n) is 9.73. The maximum Gasteiger partial charge on any atom is 0.416 e. The Kier molecular flexibility index (Phi) is 8.03. The molecule has 1 heterocycles. The number of carbonyl (C=O) groups excluding carboxylic acids is 2. The molecule has 1 unspecified atom stereocenters. The molecule has 1 aliphatic heterocycles. The monoisotopic (exact) mass is 553 g/mol. The van der Waals surface area contributed by atoms with E-state index in [0.717, 1.165) is 31.2 Å². The fourth-order valence-electron chi connectivity index (χ4n) is 4.74. The first-order valence-corrected chi connectivity index (χ1v) is 14.3. The number of hydrogen-bond acceptors (Lipinski definition) is 6. The summed E-state index contributed by atoms with van der Waals surface area (Å²) in [6.07, 6.45) is -0.810. The fraction of sp³-hybridized carbons (Fsp3) is 0.462. The predicted molar refractivity (Wildman–Crippen MR) is 134 cm³/mol. The van der Waals surface area contributed by atoms with Crippen LogP contribution in [0, 0.1) is 5.92 Å². The van der Waals surface area contributed by atoms with Gasteiger partial charge in [0, 0.05) is 25.0 Å². The molecule has 206 valence electrons. The third-order valence-corrected chi connectivity index (χ3v) is 7.99. The quantitative estimate of drug-likeness (QED) is 0.439. The van der Waals surface area contributed by atoms with Gasteiger partial charge in [-0.15, -0.1) is 0 Å². The third kappa shape index (κ3) is 6.29. The molecule has 4 rings (SSSR count). The number of anilines is 1. The van der Waals surface area contributed by atoms with E-state index < -0.39 is 45.5 Å². The number of benzene rings is 2. The van der Waals surface area contributed by atoms with Crippen LogP contribution in [0.3, 0.4) is 0 Å². The summed E-state index contributed by atoms with van der Waals surface area (Å²) in [5.74, 6) is -0.829. The standard InChI is InChI=1S/C26H30F3N3O5S/c1-38(36,37)19-10-11-21(30-12-14-33)20(15-19)25(35)32-13-2-3-22(32)24(34)31-23(16-4-5-16)17-6-8-18(9-7-17)26(27,28)29/h6-11,15-16,22-23,30,33H,2-5,12-14H2,1H3,(H,31,34)/t22-,23?/m1/s1. The van der Waals surface area contributed by atoms with Crippen LogP contribution in [0.5, 0.6) is 0 Å². The van der Waals surface area contributed by atoms with E-state index in [4.69, 9.17) is 0 Å². The van der Waals surface area contributed by atoms with Gasteiger partial charge in [0.2, 0.25) is 5.91 Å². The van der Waals surface area contributed by atoms with Crippen molar-refractivity contribution in [1.82, 2.24) is 10.2 Å². The van der Waals surface area contributed by atoms with Gasteiger partial charge in [-0.1, -0.05) is 12.1 Å². The largest absolute Gasteiger partial charge is 0.416 e. The minimum absolute atomic E-state index is 0.0494. The van der Waals surface area contributed by atoms with Gasteiger partial charge in [0.25, 0.3) is 5.91 Å². The number of alkyl halides is 3. The van der Waals surface area contributed by atoms with E-state index in [0.29, 0.717) is 24.1 Å². The molecular formula is C26H30F3N3O5S. The molecule has 8 nitrogen and oxygen atoms in total. The number of sulfone groups is 1. The Labute approximate surface area is 219 Å². The van der Waals surface area contributed by atoms with Gasteiger partial charge in [-0.25, -0.2) is 8.42 Å². The first kappa shape index (κ1) is 27.9. The molecule has 3 N–H and O–H groups in total. The molecule has 0 aromatic heterocycles. The van der Waals surface area contributed by atoms with E-state index >= 15 is 0 Å². The Morgan fingerprint density at radius 2 is 1.79 bits per heavy atom. The van der Waals surface area contributed by atoms with Gasteiger partial charge in [0.05, 0.1) is 28.7 Å². The van der Waals surface area contributed by atoms with E-state index in [-0.39, 0.29) is 36.1 Å². The summed E-state index contributed by atoms with van der Waals surface area (Å²) in [6, 6.07) is 7.54. The van der Waals surface area contributed by atoms with E-state index in [1.54, 1.807) is 0 Å². The molecule has 38 heavy (non-hydrogen) atoms. The Morgan fingerprint density at radius 1 is 1.11 bits per heavy atom. The summed E-state index contributed by atoms with van der Waals surface area (Å²) in [7, 11) is -3.61. The van der Waals surface area contributed by atoms with Crippen LogP contribution in [0.4, 0.5) is 18.9 Å². The van der Waals surface area contributed by atoms with Crippen LogP contribution in [-0.4, -0.2) is 62.2 Å². The Morgan fingerprint density at radius 3 is 2.37 bits per heavy atom. The van der Waals surface area contributed by atoms with Crippen LogP contribution in [0.2, 0.25) is 0 Å². The van der Waals surface area contributed by atoms with Crippen molar-refractivity contribution in [2.45, 2.75) is 48.8 Å². The van der Waals surface area contributed by atoms with Crippen molar-refractivity contribution in [1.29, 1.82) is 0 Å². The van der Waals surface area contributed by atoms with Gasteiger partial charge < -0.3 is 20.6 Å². The van der Waals surface area contributed by atoms with Crippen molar-refractivity contribution in [3.8, 4) is 0 Å². The molecule has 2 atom stereocenters. The van der Waals surface area contributed by atoms with Crippen molar-refractivity contribution < 1.29 is 36.3 Å². The van der Waals surface area contributed by atoms with Crippen molar-refractivity contribution >= 4 is 27.3 Å². The SMILES string of the molecule is CS(=O)(=O)c1ccc(NCCO)c(C(=O)N2CCC[C@@H]2C(=O)NC(c2ccc(C(F)(F)F)cc2)C2CC2)c1. The molecule has 2 aromatic rings. The van der Waals surface area contributed by atoms with Crippen molar-refractivity contribution in [3.05, 3.63) is 59.2 Å². The maximum absolute atomic E-state index is 13.6. The lowest BCUT2D eigenvalue weighted by atomic mass is 10.00. The second-order valence-corrected chi connectivity index (χ2v) is 11.7. The number of halogens is 3. The topological polar surface area (TPSA) is 116 Å². The molecule has 12 heteroatoms. The number of amides is 2. The molecule has 1 aliphatic carbocycles. The summed E-state index contributed by atoms with van der Waals surface area (Å²) in [5, 5.41) is 15.1. The second kappa shape index (κ2) is 10.9. The zero-order valence-electron chi connectivity index (χ0n) is 20.8. The van der Waals surface area contributed by atoms with Gasteiger partial charge in [0.1, 0.15) is 6.04 Å². The Balaban J connectivity index is 1.56. The van der Waals surface area contributed by atoms with E-state index in [2.05, 4.69) is 10.6 Å². The van der Waals surface area contributed by atoms with Crippen molar-refractivity contribution in [2.75, 3.05) is 31.3 Å². The molecule has 2 aliphatic rings. The average Bonchev–Trinajstić information content (AvgIpc) is 3.59. The summed E-state index contributed by atoms with van der Waals surface area (Å²) >= 11 is 0. The highest BCUT2D eigenvalue weighted by Crippen LogP contribution is 2.42. The number of hydrogen-bond donors (Lipinski definition) is 3. The van der Waals surface area contributed by atoms with Gasteiger partial charge >= 0.3 is 6.18 Å². The molecule has 0 bridgehead atoms. The lowest BCUT2D eigenvalue weighted by Gasteiger charge is -2.28. The van der Waals surface area contributed by atoms with Gasteiger partial charge in [0.15, 0.2) is 9.84 Å². The predicted octanol–water partition coefficient (Wildman–Crippen LogP) is 3.39. The van der Waals surface area contributed by atoms with Crippen LogP contribution in [0.15, 0.2) is 47.4 Å². The van der Waals surface area contributed by atoms with Gasteiger partial charge in [-0.2, -0.15) is 13.2 Å². The molecule has 2 aromatic carbocycles. The number of nitrogens with zero attached hydrogens (tertiary/aromatic N) is 1. The lowest BCUT2D eigenvalue weighted by molar-refractivity contribution is -0.137. The van der Waals surface area contributed by atoms with Crippen LogP contribution in [0.25, 0.3) is 0 Å². The van der Waals surface area contributed by atoms with E-state index in [9.17, 15) is 36.3 Å². The van der Waals surface area contributed by atoms with E-state index in [1.165, 1.54) is 35.2 Å². The molecule has 2 fully saturated rings. The maximum atomic E-state index is 13.6. The highest BCUT2D eigenvalue weighted by atomic mass is 32.2. The minimum atomic E-state index is -4.46. The Hall–Kier alpha value is -3.12. The number of rotatable bonds is 9. The van der Waals surface area contributed by atoms with Gasteiger partial charge in [-0.05, 0) is 67.5 Å².